The fraction of sp³-hybridized carbons (Fsp3) is 0.278. The Labute approximate surface area is 160 Å². The zero-order chi connectivity index (χ0) is 20.1. The summed E-state index contributed by atoms with van der Waals surface area (Å²) in [5.74, 6) is -2.68. The van der Waals surface area contributed by atoms with Crippen LogP contribution in [-0.4, -0.2) is 51.5 Å². The number of nitrogens with one attached hydrogen (secondary N) is 1. The molecular weight excluding hydrogens is 394 g/mol. The van der Waals surface area contributed by atoms with Crippen LogP contribution in [-0.2, 0) is 19.6 Å². The first-order valence-corrected chi connectivity index (χ1v) is 9.86. The predicted molar refractivity (Wildman–Crippen MR) is 96.5 cm³/mol. The second kappa shape index (κ2) is 8.63. The monoisotopic (exact) mass is 412 g/mol. The molecule has 0 bridgehead atoms. The van der Waals surface area contributed by atoms with Crippen molar-refractivity contribution in [2.75, 3.05) is 38.2 Å². The molecule has 7 nitrogen and oxygen atoms in total. The largest absolute Gasteiger partial charge is 0.484 e. The van der Waals surface area contributed by atoms with Gasteiger partial charge in [-0.1, -0.05) is 6.07 Å². The van der Waals surface area contributed by atoms with E-state index in [1.54, 1.807) is 0 Å². The molecule has 1 saturated heterocycles. The first kappa shape index (κ1) is 20.2. The van der Waals surface area contributed by atoms with Crippen LogP contribution in [0, 0.1) is 11.6 Å². The second-order valence-electron chi connectivity index (χ2n) is 5.96. The smallest absolute Gasteiger partial charge is 0.262 e. The van der Waals surface area contributed by atoms with Crippen molar-refractivity contribution in [3.05, 3.63) is 54.1 Å². The quantitative estimate of drug-likeness (QED) is 0.785. The van der Waals surface area contributed by atoms with E-state index in [1.807, 2.05) is 0 Å². The van der Waals surface area contributed by atoms with Gasteiger partial charge in [-0.2, -0.15) is 4.31 Å². The molecule has 150 valence electrons. The van der Waals surface area contributed by atoms with Crippen molar-refractivity contribution in [1.82, 2.24) is 4.31 Å². The van der Waals surface area contributed by atoms with Crippen LogP contribution in [0.1, 0.15) is 0 Å². The summed E-state index contributed by atoms with van der Waals surface area (Å²) in [7, 11) is -3.69. The highest BCUT2D eigenvalue weighted by atomic mass is 32.2. The van der Waals surface area contributed by atoms with Crippen LogP contribution in [0.25, 0.3) is 0 Å². The van der Waals surface area contributed by atoms with E-state index in [2.05, 4.69) is 5.32 Å². The first-order valence-electron chi connectivity index (χ1n) is 8.42. The van der Waals surface area contributed by atoms with Crippen molar-refractivity contribution < 1.29 is 31.5 Å². The van der Waals surface area contributed by atoms with Crippen LogP contribution in [0.4, 0.5) is 14.5 Å². The Bertz CT molecular complexity index is 962. The van der Waals surface area contributed by atoms with E-state index < -0.39 is 34.2 Å². The van der Waals surface area contributed by atoms with Gasteiger partial charge in [-0.15, -0.1) is 0 Å². The molecule has 1 N–H and O–H groups in total. The summed E-state index contributed by atoms with van der Waals surface area (Å²) in [6, 6.07) is 8.76. The summed E-state index contributed by atoms with van der Waals surface area (Å²) in [4.78, 5) is 12.1. The molecule has 0 saturated carbocycles. The Morgan fingerprint density at radius 1 is 1.11 bits per heavy atom. The number of nitrogens with zero attached hydrogens (tertiary/aromatic N) is 1. The van der Waals surface area contributed by atoms with Crippen molar-refractivity contribution in [3.8, 4) is 5.75 Å². The number of hydrogen-bond acceptors (Lipinski definition) is 5. The first-order chi connectivity index (χ1) is 13.4. The second-order valence-corrected chi connectivity index (χ2v) is 7.89. The van der Waals surface area contributed by atoms with E-state index in [0.29, 0.717) is 13.2 Å². The summed E-state index contributed by atoms with van der Waals surface area (Å²) < 4.78 is 62.9. The molecule has 1 heterocycles. The van der Waals surface area contributed by atoms with Crippen LogP contribution in [0.15, 0.2) is 47.4 Å². The van der Waals surface area contributed by atoms with Crippen molar-refractivity contribution in [2.24, 2.45) is 0 Å². The van der Waals surface area contributed by atoms with Crippen LogP contribution in [0.2, 0.25) is 0 Å². The van der Waals surface area contributed by atoms with Gasteiger partial charge in [0.2, 0.25) is 10.0 Å². The Balaban J connectivity index is 1.63. The van der Waals surface area contributed by atoms with Gasteiger partial charge in [0.15, 0.2) is 18.2 Å². The minimum absolute atomic E-state index is 0.00213. The van der Waals surface area contributed by atoms with Crippen LogP contribution >= 0.6 is 0 Å². The molecule has 3 rings (SSSR count). The average Bonchev–Trinajstić information content (AvgIpc) is 2.70. The third-order valence-corrected chi connectivity index (χ3v) is 5.88. The molecular formula is C18H18F2N2O5S. The molecule has 0 spiro atoms. The van der Waals surface area contributed by atoms with E-state index in [9.17, 15) is 22.0 Å². The molecule has 0 radical (unpaired) electrons. The maximum atomic E-state index is 13.1. The predicted octanol–water partition coefficient (Wildman–Crippen LogP) is 2.00. The summed E-state index contributed by atoms with van der Waals surface area (Å²) in [6.45, 7) is 0.738. The van der Waals surface area contributed by atoms with Crippen LogP contribution in [0.5, 0.6) is 5.75 Å². The molecule has 0 aliphatic carbocycles. The molecule has 0 aromatic heterocycles. The number of morpholine rings is 1. The third-order valence-electron chi connectivity index (χ3n) is 3.99. The highest BCUT2D eigenvalue weighted by Crippen LogP contribution is 2.21. The van der Waals surface area contributed by atoms with E-state index in [1.165, 1.54) is 34.6 Å². The number of halogens is 2. The number of benzene rings is 2. The van der Waals surface area contributed by atoms with Gasteiger partial charge in [0.05, 0.1) is 18.1 Å². The maximum Gasteiger partial charge on any atom is 0.262 e. The Morgan fingerprint density at radius 3 is 2.57 bits per heavy atom. The Hall–Kier alpha value is -2.56. The molecule has 0 unspecified atom stereocenters. The zero-order valence-corrected chi connectivity index (χ0v) is 15.5. The zero-order valence-electron chi connectivity index (χ0n) is 14.7. The minimum Gasteiger partial charge on any atom is -0.484 e. The maximum absolute atomic E-state index is 13.1. The van der Waals surface area contributed by atoms with Gasteiger partial charge >= 0.3 is 0 Å². The molecule has 2 aromatic rings. The Kier molecular flexibility index (Phi) is 6.22. The average molecular weight is 412 g/mol. The fourth-order valence-corrected chi connectivity index (χ4v) is 4.04. The molecule has 0 atom stereocenters. The summed E-state index contributed by atoms with van der Waals surface area (Å²) in [6.07, 6.45) is 0. The third kappa shape index (κ3) is 4.83. The lowest BCUT2D eigenvalue weighted by Crippen LogP contribution is -2.40. The van der Waals surface area contributed by atoms with Gasteiger partial charge in [0.25, 0.3) is 5.91 Å². The molecule has 1 fully saturated rings. The standard InChI is InChI=1S/C18H18F2N2O5S/c19-16-5-4-14(11-17(16)20)27-12-18(23)21-13-2-1-3-15(10-13)28(24,25)22-6-8-26-9-7-22/h1-5,10-11H,6-9,12H2,(H,21,23). The lowest BCUT2D eigenvalue weighted by atomic mass is 10.3. The summed E-state index contributed by atoms with van der Waals surface area (Å²) >= 11 is 0. The topological polar surface area (TPSA) is 84.9 Å². The highest BCUT2D eigenvalue weighted by molar-refractivity contribution is 7.89. The van der Waals surface area contributed by atoms with Gasteiger partial charge in [-0.25, -0.2) is 17.2 Å². The summed E-state index contributed by atoms with van der Waals surface area (Å²) in [5.41, 5.74) is 0.272. The van der Waals surface area contributed by atoms with Crippen molar-refractivity contribution in [1.29, 1.82) is 0 Å². The number of amides is 1. The molecule has 1 aliphatic rings. The lowest BCUT2D eigenvalue weighted by molar-refractivity contribution is -0.118. The van der Waals surface area contributed by atoms with E-state index in [4.69, 9.17) is 9.47 Å². The SMILES string of the molecule is O=C(COc1ccc(F)c(F)c1)Nc1cccc(S(=O)(=O)N2CCOCC2)c1. The van der Waals surface area contributed by atoms with Gasteiger partial charge < -0.3 is 14.8 Å². The Morgan fingerprint density at radius 2 is 1.86 bits per heavy atom. The number of anilines is 1. The number of hydrogen-bond donors (Lipinski definition) is 1. The van der Waals surface area contributed by atoms with Gasteiger partial charge in [0.1, 0.15) is 5.75 Å². The molecule has 10 heteroatoms. The molecule has 1 aliphatic heterocycles. The molecule has 2 aromatic carbocycles. The van der Waals surface area contributed by atoms with E-state index in [-0.39, 0.29) is 29.4 Å². The van der Waals surface area contributed by atoms with Gasteiger partial charge in [-0.05, 0) is 30.3 Å². The van der Waals surface area contributed by atoms with Crippen molar-refractivity contribution >= 4 is 21.6 Å². The number of carbonyl (C=O) groups excluding carboxylic acids is 1. The number of sulfonamides is 1. The number of carbonyl (C=O) groups is 1. The van der Waals surface area contributed by atoms with Gasteiger partial charge in [-0.3, -0.25) is 4.79 Å². The van der Waals surface area contributed by atoms with Crippen LogP contribution in [0.3, 0.4) is 0 Å². The molecule has 1 amide bonds. The number of rotatable bonds is 6. The van der Waals surface area contributed by atoms with Gasteiger partial charge in [0, 0.05) is 24.8 Å². The minimum atomic E-state index is -3.69. The van der Waals surface area contributed by atoms with E-state index in [0.717, 1.165) is 12.1 Å². The lowest BCUT2D eigenvalue weighted by Gasteiger charge is -2.26. The highest BCUT2D eigenvalue weighted by Gasteiger charge is 2.26. The van der Waals surface area contributed by atoms with Crippen LogP contribution < -0.4 is 10.1 Å². The normalized spacial score (nSPS) is 15.2. The van der Waals surface area contributed by atoms with Crippen molar-refractivity contribution in [3.63, 3.8) is 0 Å². The van der Waals surface area contributed by atoms with Crippen molar-refractivity contribution in [2.45, 2.75) is 4.90 Å². The summed E-state index contributed by atoms with van der Waals surface area (Å²) in [5, 5.41) is 2.51. The van der Waals surface area contributed by atoms with E-state index >= 15 is 0 Å². The molecule has 28 heavy (non-hydrogen) atoms. The number of ether oxygens (including phenoxy) is 2. The fourth-order valence-electron chi connectivity index (χ4n) is 2.58.